The number of esters is 2. The van der Waals surface area contributed by atoms with E-state index in [4.69, 9.17) is 14.3 Å². The molecule has 2 aromatic carbocycles. The first kappa shape index (κ1) is 22.6. The smallest absolute Gasteiger partial charge is 0.356 e. The summed E-state index contributed by atoms with van der Waals surface area (Å²) in [5, 5.41) is 3.32. The Hall–Kier alpha value is -3.59. The number of carbonyl (C=O) groups is 3. The highest BCUT2D eigenvalue weighted by atomic mass is 32.2. The first-order valence-electron chi connectivity index (χ1n) is 10.2. The second kappa shape index (κ2) is 9.91. The van der Waals surface area contributed by atoms with Gasteiger partial charge < -0.3 is 14.3 Å². The average Bonchev–Trinajstić information content (AvgIpc) is 2.84. The van der Waals surface area contributed by atoms with Gasteiger partial charge in [0.2, 0.25) is 0 Å². The van der Waals surface area contributed by atoms with Crippen molar-refractivity contribution in [1.29, 1.82) is 0 Å². The zero-order valence-electron chi connectivity index (χ0n) is 18.1. The summed E-state index contributed by atoms with van der Waals surface area (Å²) in [5.74, 6) is -1.23. The van der Waals surface area contributed by atoms with Gasteiger partial charge in [-0.05, 0) is 11.1 Å². The highest BCUT2D eigenvalue weighted by Crippen LogP contribution is 2.40. The average molecular weight is 467 g/mol. The van der Waals surface area contributed by atoms with Crippen molar-refractivity contribution >= 4 is 35.3 Å². The number of oxime groups is 1. The molecule has 0 spiro atoms. The molecule has 8 nitrogen and oxygen atoms in total. The molecule has 9 heteroatoms. The normalized spacial score (nSPS) is 18.6. The molecule has 4 rings (SSSR count). The number of rotatable bonds is 7. The maximum absolute atomic E-state index is 13.5. The fourth-order valence-corrected chi connectivity index (χ4v) is 4.88. The van der Waals surface area contributed by atoms with Gasteiger partial charge in [0.15, 0.2) is 11.8 Å². The first-order chi connectivity index (χ1) is 16.0. The van der Waals surface area contributed by atoms with Crippen molar-refractivity contribution < 1.29 is 28.7 Å². The molecular weight excluding hydrogens is 444 g/mol. The third-order valence-electron chi connectivity index (χ3n) is 5.16. The van der Waals surface area contributed by atoms with Crippen molar-refractivity contribution in [3.8, 4) is 0 Å². The van der Waals surface area contributed by atoms with Gasteiger partial charge in [-0.2, -0.15) is 0 Å². The molecule has 1 saturated heterocycles. The number of amides is 1. The van der Waals surface area contributed by atoms with Crippen molar-refractivity contribution in [2.75, 3.05) is 19.5 Å². The summed E-state index contributed by atoms with van der Waals surface area (Å²) in [6, 6.07) is 18.7. The molecule has 0 radical (unpaired) electrons. The third-order valence-corrected chi connectivity index (χ3v) is 6.42. The molecule has 0 saturated carbocycles. The number of hydrogen-bond donors (Lipinski definition) is 0. The molecule has 0 N–H and O–H groups in total. The van der Waals surface area contributed by atoms with Crippen LogP contribution in [0, 0.1) is 0 Å². The topological polar surface area (TPSA) is 94.5 Å². The van der Waals surface area contributed by atoms with Gasteiger partial charge >= 0.3 is 11.9 Å². The van der Waals surface area contributed by atoms with Gasteiger partial charge in [0, 0.05) is 18.2 Å². The number of β-lactam (4-membered cyclic amide) rings is 1. The second-order valence-corrected chi connectivity index (χ2v) is 8.41. The molecule has 1 atom stereocenters. The molecule has 170 valence electrons. The van der Waals surface area contributed by atoms with Crippen LogP contribution in [0.4, 0.5) is 0 Å². The number of carbonyl (C=O) groups excluding carboxylic acids is 3. The molecule has 2 heterocycles. The van der Waals surface area contributed by atoms with Crippen LogP contribution in [0.25, 0.3) is 0 Å². The molecule has 0 bridgehead atoms. The van der Waals surface area contributed by atoms with Crippen molar-refractivity contribution in [1.82, 2.24) is 4.90 Å². The SMILES string of the molecule is CO/N=C1\C(=O)N2C(C(=O)OC(c3ccccc3)c3ccccc3)=C(COC(C)=O)CS[C@H]12. The molecule has 0 aliphatic carbocycles. The lowest BCUT2D eigenvalue weighted by Crippen LogP contribution is -2.62. The van der Waals surface area contributed by atoms with Gasteiger partial charge in [0.05, 0.1) is 0 Å². The Morgan fingerprint density at radius 2 is 1.70 bits per heavy atom. The Labute approximate surface area is 195 Å². The molecule has 0 aromatic heterocycles. The molecule has 2 aliphatic rings. The minimum atomic E-state index is -0.682. The maximum Gasteiger partial charge on any atom is 0.356 e. The standard InChI is InChI=1S/C24H22N2O6S/c1-15(27)31-13-18-14-33-23-19(25-30-2)22(28)26(23)20(18)24(29)32-21(16-9-5-3-6-10-16)17-11-7-4-8-12-17/h3-12,21,23H,13-14H2,1-2H3/b25-19+/t23-/m1/s1. The Morgan fingerprint density at radius 3 is 2.24 bits per heavy atom. The predicted octanol–water partition coefficient (Wildman–Crippen LogP) is 3.05. The quantitative estimate of drug-likeness (QED) is 0.352. The molecule has 33 heavy (non-hydrogen) atoms. The van der Waals surface area contributed by atoms with E-state index in [1.807, 2.05) is 60.7 Å². The van der Waals surface area contributed by atoms with Gasteiger partial charge in [-0.3, -0.25) is 14.5 Å². The van der Waals surface area contributed by atoms with Gasteiger partial charge in [0.25, 0.3) is 5.91 Å². The minimum Gasteiger partial charge on any atom is -0.461 e. The molecule has 2 aromatic rings. The van der Waals surface area contributed by atoms with Crippen molar-refractivity contribution in [2.45, 2.75) is 18.4 Å². The fraction of sp³-hybridized carbons (Fsp3) is 0.250. The molecular formula is C24H22N2O6S. The van der Waals surface area contributed by atoms with E-state index in [0.717, 1.165) is 11.1 Å². The zero-order chi connectivity index (χ0) is 23.4. The highest BCUT2D eigenvalue weighted by Gasteiger charge is 2.52. The van der Waals surface area contributed by atoms with Crippen LogP contribution >= 0.6 is 11.8 Å². The zero-order valence-corrected chi connectivity index (χ0v) is 18.9. The van der Waals surface area contributed by atoms with E-state index in [1.54, 1.807) is 0 Å². The van der Waals surface area contributed by atoms with E-state index in [9.17, 15) is 14.4 Å². The Balaban J connectivity index is 1.69. The monoisotopic (exact) mass is 466 g/mol. The highest BCUT2D eigenvalue weighted by molar-refractivity contribution is 8.01. The molecule has 1 fully saturated rings. The molecule has 1 amide bonds. The summed E-state index contributed by atoms with van der Waals surface area (Å²) >= 11 is 1.39. The van der Waals surface area contributed by atoms with Crippen LogP contribution in [0.1, 0.15) is 24.2 Å². The van der Waals surface area contributed by atoms with Gasteiger partial charge in [-0.15, -0.1) is 11.8 Å². The number of benzene rings is 2. The van der Waals surface area contributed by atoms with Crippen LogP contribution in [-0.2, 0) is 28.7 Å². The van der Waals surface area contributed by atoms with E-state index in [-0.39, 0.29) is 18.0 Å². The summed E-state index contributed by atoms with van der Waals surface area (Å²) in [6.45, 7) is 1.18. The van der Waals surface area contributed by atoms with Crippen molar-refractivity contribution in [3.05, 3.63) is 83.1 Å². The van der Waals surface area contributed by atoms with Crippen molar-refractivity contribution in [2.24, 2.45) is 5.16 Å². The number of hydrogen-bond acceptors (Lipinski definition) is 8. The second-order valence-electron chi connectivity index (χ2n) is 7.34. The van der Waals surface area contributed by atoms with Crippen LogP contribution < -0.4 is 0 Å². The molecule has 0 unspecified atom stereocenters. The lowest BCUT2D eigenvalue weighted by Gasteiger charge is -2.44. The third kappa shape index (κ3) is 4.63. The Kier molecular flexibility index (Phi) is 6.79. The van der Waals surface area contributed by atoms with Crippen LogP contribution in [0.5, 0.6) is 0 Å². The minimum absolute atomic E-state index is 0.0805. The van der Waals surface area contributed by atoms with Gasteiger partial charge in [0.1, 0.15) is 24.8 Å². The number of nitrogens with zero attached hydrogens (tertiary/aromatic N) is 2. The van der Waals surface area contributed by atoms with Crippen molar-refractivity contribution in [3.63, 3.8) is 0 Å². The van der Waals surface area contributed by atoms with Gasteiger partial charge in [-0.25, -0.2) is 4.79 Å². The Bertz CT molecular complexity index is 1080. The number of fused-ring (bicyclic) bond motifs is 1. The predicted molar refractivity (Wildman–Crippen MR) is 122 cm³/mol. The molecule has 2 aliphatic heterocycles. The van der Waals surface area contributed by atoms with Crippen LogP contribution in [0.2, 0.25) is 0 Å². The van der Waals surface area contributed by atoms with E-state index in [1.165, 1.54) is 30.7 Å². The van der Waals surface area contributed by atoms with Crippen LogP contribution in [0.3, 0.4) is 0 Å². The van der Waals surface area contributed by atoms with Crippen LogP contribution in [-0.4, -0.2) is 53.3 Å². The summed E-state index contributed by atoms with van der Waals surface area (Å²) < 4.78 is 11.1. The lowest BCUT2D eigenvalue weighted by molar-refractivity contribution is -0.148. The number of ether oxygens (including phenoxy) is 2. The summed E-state index contributed by atoms with van der Waals surface area (Å²) in [5.41, 5.74) is 2.38. The van der Waals surface area contributed by atoms with E-state index < -0.39 is 29.3 Å². The largest absolute Gasteiger partial charge is 0.461 e. The summed E-state index contributed by atoms with van der Waals surface area (Å²) in [6.07, 6.45) is -0.682. The lowest BCUT2D eigenvalue weighted by atomic mass is 10.0. The summed E-state index contributed by atoms with van der Waals surface area (Å²) in [7, 11) is 1.36. The van der Waals surface area contributed by atoms with E-state index in [2.05, 4.69) is 5.16 Å². The maximum atomic E-state index is 13.5. The van der Waals surface area contributed by atoms with E-state index in [0.29, 0.717) is 11.3 Å². The fourth-order valence-electron chi connectivity index (χ4n) is 3.65. The Morgan fingerprint density at radius 1 is 1.09 bits per heavy atom. The number of thioether (sulfide) groups is 1. The summed E-state index contributed by atoms with van der Waals surface area (Å²) in [4.78, 5) is 43.8. The van der Waals surface area contributed by atoms with Crippen LogP contribution in [0.15, 0.2) is 77.1 Å². The van der Waals surface area contributed by atoms with Gasteiger partial charge in [-0.1, -0.05) is 65.8 Å². The van der Waals surface area contributed by atoms with E-state index >= 15 is 0 Å². The first-order valence-corrected chi connectivity index (χ1v) is 11.3.